The van der Waals surface area contributed by atoms with Crippen molar-refractivity contribution in [1.82, 2.24) is 5.32 Å². The van der Waals surface area contributed by atoms with Gasteiger partial charge in [0.25, 0.3) is 0 Å². The maximum absolute atomic E-state index is 6.17. The minimum absolute atomic E-state index is 0.645. The third-order valence-corrected chi connectivity index (χ3v) is 3.88. The Bertz CT molecular complexity index is 289. The molecule has 0 radical (unpaired) electrons. The van der Waals surface area contributed by atoms with Gasteiger partial charge in [-0.25, -0.2) is 0 Å². The highest BCUT2D eigenvalue weighted by Gasteiger charge is 2.18. The van der Waals surface area contributed by atoms with Crippen LogP contribution in [0.4, 0.5) is 0 Å². The van der Waals surface area contributed by atoms with Crippen LogP contribution in [-0.4, -0.2) is 13.1 Å². The summed E-state index contributed by atoms with van der Waals surface area (Å²) in [6.07, 6.45) is 2.55. The second kappa shape index (κ2) is 3.99. The van der Waals surface area contributed by atoms with Crippen molar-refractivity contribution in [2.24, 2.45) is 0 Å². The molecule has 0 aromatic carbocycles. The van der Waals surface area contributed by atoms with E-state index in [2.05, 4.69) is 18.3 Å². The molecule has 0 aliphatic carbocycles. The number of aryl methyl sites for hydroxylation is 1. The van der Waals surface area contributed by atoms with E-state index in [0.29, 0.717) is 5.92 Å². The van der Waals surface area contributed by atoms with Gasteiger partial charge >= 0.3 is 0 Å². The molecule has 13 heavy (non-hydrogen) atoms. The molecule has 0 bridgehead atoms. The van der Waals surface area contributed by atoms with E-state index >= 15 is 0 Å². The van der Waals surface area contributed by atoms with E-state index < -0.39 is 0 Å². The second-order valence-corrected chi connectivity index (χ2v) is 5.49. The molecule has 1 aromatic rings. The first-order valence-corrected chi connectivity index (χ1v) is 5.93. The Kier molecular flexibility index (Phi) is 2.92. The number of piperidine rings is 1. The lowest BCUT2D eigenvalue weighted by atomic mass is 9.94. The fourth-order valence-electron chi connectivity index (χ4n) is 1.90. The first kappa shape index (κ1) is 9.50. The van der Waals surface area contributed by atoms with Crippen molar-refractivity contribution < 1.29 is 0 Å². The van der Waals surface area contributed by atoms with Gasteiger partial charge in [0.15, 0.2) is 0 Å². The van der Waals surface area contributed by atoms with Gasteiger partial charge in [-0.1, -0.05) is 11.6 Å². The van der Waals surface area contributed by atoms with E-state index in [-0.39, 0.29) is 0 Å². The SMILES string of the molecule is Cc1cc(C2CCCNC2)c(Cl)s1. The van der Waals surface area contributed by atoms with Gasteiger partial charge in [-0.05, 0) is 43.9 Å². The highest BCUT2D eigenvalue weighted by molar-refractivity contribution is 7.16. The number of thiophene rings is 1. The zero-order valence-corrected chi connectivity index (χ0v) is 9.34. The standard InChI is InChI=1S/C10H14ClNS/c1-7-5-9(10(11)13-7)8-3-2-4-12-6-8/h5,8,12H,2-4,6H2,1H3. The van der Waals surface area contributed by atoms with Crippen molar-refractivity contribution in [2.45, 2.75) is 25.7 Å². The van der Waals surface area contributed by atoms with Gasteiger partial charge in [0, 0.05) is 11.4 Å². The second-order valence-electron chi connectivity index (χ2n) is 3.63. The smallest absolute Gasteiger partial charge is 0.0966 e. The molecule has 0 spiro atoms. The van der Waals surface area contributed by atoms with Crippen LogP contribution < -0.4 is 5.32 Å². The Balaban J connectivity index is 2.18. The quantitative estimate of drug-likeness (QED) is 0.759. The molecule has 1 aliphatic heterocycles. The predicted molar refractivity (Wildman–Crippen MR) is 58.9 cm³/mol. The molecule has 1 aliphatic rings. The Hall–Kier alpha value is -0.0500. The summed E-state index contributed by atoms with van der Waals surface area (Å²) >= 11 is 7.87. The molecule has 72 valence electrons. The Labute approximate surface area is 88.1 Å². The molecule has 3 heteroatoms. The molecule has 1 saturated heterocycles. The molecule has 0 saturated carbocycles. The number of halogens is 1. The van der Waals surface area contributed by atoms with Gasteiger partial charge in [-0.3, -0.25) is 0 Å². The van der Waals surface area contributed by atoms with Gasteiger partial charge in [-0.15, -0.1) is 11.3 Å². The number of rotatable bonds is 1. The molecular formula is C10H14ClNS. The molecule has 2 heterocycles. The van der Waals surface area contributed by atoms with Crippen LogP contribution in [0.2, 0.25) is 4.34 Å². The maximum atomic E-state index is 6.17. The number of hydrogen-bond donors (Lipinski definition) is 1. The van der Waals surface area contributed by atoms with E-state index in [1.807, 2.05) is 0 Å². The van der Waals surface area contributed by atoms with E-state index in [0.717, 1.165) is 17.4 Å². The van der Waals surface area contributed by atoms with E-state index in [1.165, 1.54) is 23.3 Å². The van der Waals surface area contributed by atoms with Crippen molar-refractivity contribution in [1.29, 1.82) is 0 Å². The molecule has 1 aromatic heterocycles. The molecule has 1 N–H and O–H groups in total. The van der Waals surface area contributed by atoms with Crippen molar-refractivity contribution >= 4 is 22.9 Å². The van der Waals surface area contributed by atoms with Gasteiger partial charge < -0.3 is 5.32 Å². The number of nitrogens with one attached hydrogen (secondary N) is 1. The normalized spacial score (nSPS) is 23.4. The van der Waals surface area contributed by atoms with Crippen LogP contribution in [0.1, 0.15) is 29.2 Å². The van der Waals surface area contributed by atoms with Crippen molar-refractivity contribution in [3.8, 4) is 0 Å². The summed E-state index contributed by atoms with van der Waals surface area (Å²) in [5, 5.41) is 3.42. The van der Waals surface area contributed by atoms with Gasteiger partial charge in [0.1, 0.15) is 0 Å². The molecule has 1 nitrogen and oxygen atoms in total. The van der Waals surface area contributed by atoms with Crippen LogP contribution in [-0.2, 0) is 0 Å². The summed E-state index contributed by atoms with van der Waals surface area (Å²) in [5.74, 6) is 0.645. The first-order chi connectivity index (χ1) is 6.27. The fourth-order valence-corrected chi connectivity index (χ4v) is 3.29. The maximum Gasteiger partial charge on any atom is 0.0966 e. The van der Waals surface area contributed by atoms with E-state index in [4.69, 9.17) is 11.6 Å². The van der Waals surface area contributed by atoms with Crippen LogP contribution in [0, 0.1) is 6.92 Å². The summed E-state index contributed by atoms with van der Waals surface area (Å²) in [5.41, 5.74) is 1.36. The average Bonchev–Trinajstić information content (AvgIpc) is 2.47. The minimum Gasteiger partial charge on any atom is -0.316 e. The van der Waals surface area contributed by atoms with Gasteiger partial charge in [0.05, 0.1) is 4.34 Å². The van der Waals surface area contributed by atoms with Crippen LogP contribution >= 0.6 is 22.9 Å². The summed E-state index contributed by atoms with van der Waals surface area (Å²) in [6.45, 7) is 4.38. The lowest BCUT2D eigenvalue weighted by Gasteiger charge is -2.22. The molecule has 1 fully saturated rings. The fraction of sp³-hybridized carbons (Fsp3) is 0.600. The summed E-state index contributed by atoms with van der Waals surface area (Å²) in [7, 11) is 0. The summed E-state index contributed by atoms with van der Waals surface area (Å²) < 4.78 is 0.992. The lowest BCUT2D eigenvalue weighted by molar-refractivity contribution is 0.462. The van der Waals surface area contributed by atoms with Crippen LogP contribution in [0.25, 0.3) is 0 Å². The molecule has 1 atom stereocenters. The molecular weight excluding hydrogens is 202 g/mol. The number of hydrogen-bond acceptors (Lipinski definition) is 2. The topological polar surface area (TPSA) is 12.0 Å². The Morgan fingerprint density at radius 1 is 1.62 bits per heavy atom. The van der Waals surface area contributed by atoms with Crippen molar-refractivity contribution in [3.63, 3.8) is 0 Å². The predicted octanol–water partition coefficient (Wildman–Crippen LogP) is 3.18. The molecule has 1 unspecified atom stereocenters. The molecule has 2 rings (SSSR count). The summed E-state index contributed by atoms with van der Waals surface area (Å²) in [4.78, 5) is 1.32. The zero-order valence-electron chi connectivity index (χ0n) is 7.77. The third kappa shape index (κ3) is 2.06. The highest BCUT2D eigenvalue weighted by atomic mass is 35.5. The average molecular weight is 216 g/mol. The van der Waals surface area contributed by atoms with Crippen LogP contribution in [0.3, 0.4) is 0 Å². The zero-order chi connectivity index (χ0) is 9.26. The minimum atomic E-state index is 0.645. The summed E-state index contributed by atoms with van der Waals surface area (Å²) in [6, 6.07) is 2.24. The highest BCUT2D eigenvalue weighted by Crippen LogP contribution is 2.35. The van der Waals surface area contributed by atoms with Crippen molar-refractivity contribution in [3.05, 3.63) is 20.8 Å². The largest absolute Gasteiger partial charge is 0.316 e. The van der Waals surface area contributed by atoms with Gasteiger partial charge in [-0.2, -0.15) is 0 Å². The lowest BCUT2D eigenvalue weighted by Crippen LogP contribution is -2.28. The van der Waals surface area contributed by atoms with E-state index in [9.17, 15) is 0 Å². The van der Waals surface area contributed by atoms with Crippen LogP contribution in [0.15, 0.2) is 6.07 Å². The molecule has 0 amide bonds. The Morgan fingerprint density at radius 2 is 2.46 bits per heavy atom. The van der Waals surface area contributed by atoms with E-state index in [1.54, 1.807) is 11.3 Å². The van der Waals surface area contributed by atoms with Gasteiger partial charge in [0.2, 0.25) is 0 Å². The van der Waals surface area contributed by atoms with Crippen LogP contribution in [0.5, 0.6) is 0 Å². The first-order valence-electron chi connectivity index (χ1n) is 4.74. The monoisotopic (exact) mass is 215 g/mol. The third-order valence-electron chi connectivity index (χ3n) is 2.57. The Morgan fingerprint density at radius 3 is 3.00 bits per heavy atom. The van der Waals surface area contributed by atoms with Crippen molar-refractivity contribution in [2.75, 3.05) is 13.1 Å².